The second-order valence-electron chi connectivity index (χ2n) is 8.27. The number of carbonyl (C=O) groups is 1. The van der Waals surface area contributed by atoms with Crippen LogP contribution < -0.4 is 5.32 Å². The van der Waals surface area contributed by atoms with Crippen LogP contribution in [0.5, 0.6) is 0 Å². The number of anilines is 2. The largest absolute Gasteiger partial charge is 0.343 e. The first-order chi connectivity index (χ1) is 15.6. The van der Waals surface area contributed by atoms with E-state index in [-0.39, 0.29) is 11.7 Å². The number of aryl methyl sites for hydroxylation is 2. The van der Waals surface area contributed by atoms with Gasteiger partial charge in [-0.15, -0.1) is 0 Å². The Kier molecular flexibility index (Phi) is 7.04. The Hall–Kier alpha value is -3.35. The molecule has 7 heteroatoms. The number of nitrogens with one attached hydrogen (secondary N) is 1. The molecule has 1 saturated heterocycles. The van der Waals surface area contributed by atoms with Gasteiger partial charge in [0.15, 0.2) is 0 Å². The summed E-state index contributed by atoms with van der Waals surface area (Å²) in [7, 11) is 0. The Labute approximate surface area is 187 Å². The Morgan fingerprint density at radius 3 is 2.66 bits per heavy atom. The highest BCUT2D eigenvalue weighted by Crippen LogP contribution is 2.29. The lowest BCUT2D eigenvalue weighted by Gasteiger charge is -2.32. The van der Waals surface area contributed by atoms with E-state index in [0.29, 0.717) is 18.2 Å². The molecule has 0 spiro atoms. The number of aromatic nitrogens is 3. The molecule has 32 heavy (non-hydrogen) atoms. The predicted molar refractivity (Wildman–Crippen MR) is 122 cm³/mol. The second-order valence-corrected chi connectivity index (χ2v) is 8.27. The average Bonchev–Trinajstić information content (AvgIpc) is 2.81. The highest BCUT2D eigenvalue weighted by Gasteiger charge is 2.24. The fraction of sp³-hybridized carbons (Fsp3) is 0.360. The third-order valence-corrected chi connectivity index (χ3v) is 5.84. The predicted octanol–water partition coefficient (Wildman–Crippen LogP) is 4.79. The topological polar surface area (TPSA) is 71.0 Å². The van der Waals surface area contributed by atoms with Gasteiger partial charge in [-0.1, -0.05) is 12.1 Å². The number of carbonyl (C=O) groups excluding carboxylic acids is 1. The summed E-state index contributed by atoms with van der Waals surface area (Å²) >= 11 is 0. The van der Waals surface area contributed by atoms with Gasteiger partial charge in [0.05, 0.1) is 6.20 Å². The van der Waals surface area contributed by atoms with Gasteiger partial charge in [-0.05, 0) is 62.4 Å². The van der Waals surface area contributed by atoms with E-state index in [0.717, 1.165) is 61.4 Å². The molecule has 4 rings (SSSR count). The van der Waals surface area contributed by atoms with Gasteiger partial charge in [0.2, 0.25) is 5.91 Å². The summed E-state index contributed by atoms with van der Waals surface area (Å²) in [4.78, 5) is 27.7. The number of hydrogen-bond acceptors (Lipinski definition) is 5. The summed E-state index contributed by atoms with van der Waals surface area (Å²) in [5, 5.41) is 3.29. The Morgan fingerprint density at radius 1 is 1.16 bits per heavy atom. The number of rotatable bonds is 7. The second kappa shape index (κ2) is 10.3. The van der Waals surface area contributed by atoms with Crippen molar-refractivity contribution in [3.05, 3.63) is 77.8 Å². The average molecular weight is 434 g/mol. The van der Waals surface area contributed by atoms with E-state index in [1.54, 1.807) is 30.7 Å². The number of pyridine rings is 1. The number of hydrogen-bond donors (Lipinski definition) is 1. The first-order valence-corrected chi connectivity index (χ1v) is 11.1. The first kappa shape index (κ1) is 21.9. The summed E-state index contributed by atoms with van der Waals surface area (Å²) in [5.74, 6) is 1.01. The van der Waals surface area contributed by atoms with Gasteiger partial charge in [-0.3, -0.25) is 14.8 Å². The summed E-state index contributed by atoms with van der Waals surface area (Å²) in [6.45, 7) is 3.50. The van der Waals surface area contributed by atoms with Crippen LogP contribution in [0.2, 0.25) is 0 Å². The van der Waals surface area contributed by atoms with Crippen molar-refractivity contribution in [1.29, 1.82) is 0 Å². The fourth-order valence-corrected chi connectivity index (χ4v) is 4.16. The van der Waals surface area contributed by atoms with E-state index in [9.17, 15) is 9.18 Å². The summed E-state index contributed by atoms with van der Waals surface area (Å²) in [6.07, 6.45) is 8.90. The standard InChI is InChI=1S/C25H28FN5O/c1-18-15-22(30-24-17-27-11-12-28-24)16-23(29-18)20-9-13-31(14-10-20)25(32)4-2-3-19-5-7-21(26)8-6-19/h5-8,11-12,15-17,20H,2-4,9-10,13-14H2,1H3,(H,28,29,30). The molecule has 1 aliphatic rings. The van der Waals surface area contributed by atoms with E-state index in [1.165, 1.54) is 12.1 Å². The molecule has 1 aromatic carbocycles. The van der Waals surface area contributed by atoms with E-state index in [1.807, 2.05) is 17.9 Å². The van der Waals surface area contributed by atoms with Crippen molar-refractivity contribution in [3.63, 3.8) is 0 Å². The molecule has 1 amide bonds. The van der Waals surface area contributed by atoms with E-state index >= 15 is 0 Å². The van der Waals surface area contributed by atoms with Gasteiger partial charge in [-0.25, -0.2) is 9.37 Å². The van der Waals surface area contributed by atoms with Crippen molar-refractivity contribution in [2.75, 3.05) is 18.4 Å². The minimum Gasteiger partial charge on any atom is -0.343 e. The zero-order valence-electron chi connectivity index (χ0n) is 18.3. The number of likely N-dealkylation sites (tertiary alicyclic amines) is 1. The SMILES string of the molecule is Cc1cc(Nc2cnccn2)cc(C2CCN(C(=O)CCCc3ccc(F)cc3)CC2)n1. The minimum atomic E-state index is -0.229. The molecule has 1 aliphatic heterocycles. The molecule has 0 bridgehead atoms. The zero-order valence-corrected chi connectivity index (χ0v) is 18.3. The van der Waals surface area contributed by atoms with Gasteiger partial charge in [0.25, 0.3) is 0 Å². The van der Waals surface area contributed by atoms with E-state index in [2.05, 4.69) is 21.4 Å². The maximum atomic E-state index is 13.0. The third-order valence-electron chi connectivity index (χ3n) is 5.84. The van der Waals surface area contributed by atoms with Crippen LogP contribution in [-0.4, -0.2) is 38.8 Å². The van der Waals surface area contributed by atoms with Crippen molar-refractivity contribution in [2.45, 2.75) is 44.9 Å². The highest BCUT2D eigenvalue weighted by atomic mass is 19.1. The van der Waals surface area contributed by atoms with Crippen LogP contribution in [0.3, 0.4) is 0 Å². The lowest BCUT2D eigenvalue weighted by Crippen LogP contribution is -2.38. The number of piperidine rings is 1. The number of benzene rings is 1. The normalized spacial score (nSPS) is 14.4. The zero-order chi connectivity index (χ0) is 22.3. The van der Waals surface area contributed by atoms with Crippen LogP contribution >= 0.6 is 0 Å². The molecule has 0 aliphatic carbocycles. The molecule has 3 aromatic rings. The molecule has 0 saturated carbocycles. The number of amides is 1. The monoisotopic (exact) mass is 433 g/mol. The van der Waals surface area contributed by atoms with Gasteiger partial charge in [-0.2, -0.15) is 0 Å². The van der Waals surface area contributed by atoms with Gasteiger partial charge in [0, 0.05) is 54.9 Å². The fourth-order valence-electron chi connectivity index (χ4n) is 4.16. The minimum absolute atomic E-state index is 0.202. The van der Waals surface area contributed by atoms with Crippen molar-refractivity contribution in [3.8, 4) is 0 Å². The van der Waals surface area contributed by atoms with Crippen LogP contribution in [0.15, 0.2) is 55.0 Å². The molecule has 2 aromatic heterocycles. The highest BCUT2D eigenvalue weighted by molar-refractivity contribution is 5.76. The molecule has 0 unspecified atom stereocenters. The lowest BCUT2D eigenvalue weighted by molar-refractivity contribution is -0.132. The molecule has 1 fully saturated rings. The molecule has 166 valence electrons. The molecule has 1 N–H and O–H groups in total. The van der Waals surface area contributed by atoms with E-state index < -0.39 is 0 Å². The van der Waals surface area contributed by atoms with Crippen molar-refractivity contribution in [1.82, 2.24) is 19.9 Å². The molecule has 0 radical (unpaired) electrons. The van der Waals surface area contributed by atoms with Crippen LogP contribution in [0.4, 0.5) is 15.9 Å². The van der Waals surface area contributed by atoms with Crippen molar-refractivity contribution in [2.24, 2.45) is 0 Å². The van der Waals surface area contributed by atoms with E-state index in [4.69, 9.17) is 4.98 Å². The third kappa shape index (κ3) is 5.87. The molecule has 3 heterocycles. The number of nitrogens with zero attached hydrogens (tertiary/aromatic N) is 4. The quantitative estimate of drug-likeness (QED) is 0.580. The van der Waals surface area contributed by atoms with Gasteiger partial charge in [0.1, 0.15) is 11.6 Å². The number of halogens is 1. The molecule has 0 atom stereocenters. The Balaban J connectivity index is 1.28. The Bertz CT molecular complexity index is 1030. The molecular weight excluding hydrogens is 405 g/mol. The van der Waals surface area contributed by atoms with Crippen LogP contribution in [0.25, 0.3) is 0 Å². The lowest BCUT2D eigenvalue weighted by atomic mass is 9.92. The molecular formula is C25H28FN5O. The van der Waals surface area contributed by atoms with Gasteiger partial charge >= 0.3 is 0 Å². The summed E-state index contributed by atoms with van der Waals surface area (Å²) < 4.78 is 13.0. The first-order valence-electron chi connectivity index (χ1n) is 11.1. The van der Waals surface area contributed by atoms with Crippen LogP contribution in [0.1, 0.15) is 48.6 Å². The van der Waals surface area contributed by atoms with Crippen LogP contribution in [0, 0.1) is 12.7 Å². The summed E-state index contributed by atoms with van der Waals surface area (Å²) in [5.41, 5.74) is 4.02. The summed E-state index contributed by atoms with van der Waals surface area (Å²) in [6, 6.07) is 10.6. The van der Waals surface area contributed by atoms with Gasteiger partial charge < -0.3 is 10.2 Å². The molecule has 6 nitrogen and oxygen atoms in total. The maximum absolute atomic E-state index is 13.0. The van der Waals surface area contributed by atoms with Crippen molar-refractivity contribution < 1.29 is 9.18 Å². The maximum Gasteiger partial charge on any atom is 0.222 e. The van der Waals surface area contributed by atoms with Crippen LogP contribution in [-0.2, 0) is 11.2 Å². The smallest absolute Gasteiger partial charge is 0.222 e. The van der Waals surface area contributed by atoms with Crippen molar-refractivity contribution >= 4 is 17.4 Å². The Morgan fingerprint density at radius 2 is 1.94 bits per heavy atom.